The molecule has 0 amide bonds. The van der Waals surface area contributed by atoms with Crippen LogP contribution in [0.4, 0.5) is 5.69 Å². The first-order chi connectivity index (χ1) is 12.8. The lowest BCUT2D eigenvalue weighted by Crippen LogP contribution is -2.13. The molecule has 3 N–H and O–H groups in total. The molecule has 3 aromatic carbocycles. The normalized spacial score (nSPS) is 11.1. The van der Waals surface area contributed by atoms with E-state index in [2.05, 4.69) is 4.72 Å². The van der Waals surface area contributed by atoms with Crippen molar-refractivity contribution in [1.82, 2.24) is 0 Å². The van der Waals surface area contributed by atoms with Crippen LogP contribution in [0.1, 0.15) is 21.5 Å². The Balaban J connectivity index is 1.78. The number of carboxylic acids is 1. The van der Waals surface area contributed by atoms with Crippen LogP contribution in [0.5, 0.6) is 5.75 Å². The standard InChI is InChI=1S/C20H17NO5S/c22-19-11-10-17(13-18(19)20(23)24)27(25,26)21-16-8-6-15(7-9-16)12-14-4-2-1-3-5-14/h1-11,13,21-22H,12H2,(H,23,24). The first-order valence-corrected chi connectivity index (χ1v) is 9.55. The van der Waals surface area contributed by atoms with Gasteiger partial charge in [-0.25, -0.2) is 13.2 Å². The van der Waals surface area contributed by atoms with Crippen molar-refractivity contribution in [2.45, 2.75) is 11.3 Å². The average molecular weight is 383 g/mol. The fourth-order valence-electron chi connectivity index (χ4n) is 2.59. The molecule has 27 heavy (non-hydrogen) atoms. The van der Waals surface area contributed by atoms with Crippen molar-refractivity contribution in [3.8, 4) is 5.75 Å². The first-order valence-electron chi connectivity index (χ1n) is 8.07. The number of aromatic carboxylic acids is 1. The van der Waals surface area contributed by atoms with Crippen LogP contribution in [0.3, 0.4) is 0 Å². The number of hydrogen-bond acceptors (Lipinski definition) is 4. The highest BCUT2D eigenvalue weighted by Crippen LogP contribution is 2.23. The second-order valence-corrected chi connectivity index (χ2v) is 7.63. The summed E-state index contributed by atoms with van der Waals surface area (Å²) in [4.78, 5) is 10.8. The van der Waals surface area contributed by atoms with E-state index in [4.69, 9.17) is 5.11 Å². The van der Waals surface area contributed by atoms with Crippen molar-refractivity contribution >= 4 is 21.7 Å². The molecule has 0 aliphatic heterocycles. The summed E-state index contributed by atoms with van der Waals surface area (Å²) in [5, 5.41) is 18.5. The smallest absolute Gasteiger partial charge is 0.339 e. The highest BCUT2D eigenvalue weighted by Gasteiger charge is 2.19. The van der Waals surface area contributed by atoms with Crippen molar-refractivity contribution in [3.05, 3.63) is 89.5 Å². The number of sulfonamides is 1. The Morgan fingerprint density at radius 1 is 0.889 bits per heavy atom. The molecule has 0 unspecified atom stereocenters. The van der Waals surface area contributed by atoms with Crippen LogP contribution in [0.15, 0.2) is 77.7 Å². The number of phenols is 1. The van der Waals surface area contributed by atoms with Crippen molar-refractivity contribution < 1.29 is 23.4 Å². The van der Waals surface area contributed by atoms with Gasteiger partial charge in [-0.2, -0.15) is 0 Å². The Kier molecular flexibility index (Phi) is 5.14. The van der Waals surface area contributed by atoms with Gasteiger partial charge in [0.1, 0.15) is 11.3 Å². The molecule has 0 saturated carbocycles. The van der Waals surface area contributed by atoms with Gasteiger partial charge >= 0.3 is 5.97 Å². The van der Waals surface area contributed by atoms with Crippen LogP contribution in [0, 0.1) is 0 Å². The van der Waals surface area contributed by atoms with Gasteiger partial charge in [0.2, 0.25) is 0 Å². The predicted molar refractivity (Wildman–Crippen MR) is 102 cm³/mol. The van der Waals surface area contributed by atoms with Gasteiger partial charge in [0.05, 0.1) is 4.90 Å². The van der Waals surface area contributed by atoms with Gasteiger partial charge in [-0.05, 0) is 47.9 Å². The third kappa shape index (κ3) is 4.45. The Bertz CT molecular complexity index is 1060. The zero-order valence-electron chi connectivity index (χ0n) is 14.2. The Labute approximate surface area is 156 Å². The highest BCUT2D eigenvalue weighted by molar-refractivity contribution is 7.92. The minimum absolute atomic E-state index is 0.244. The number of rotatable bonds is 6. The summed E-state index contributed by atoms with van der Waals surface area (Å²) in [5.41, 5.74) is 2.06. The van der Waals surface area contributed by atoms with Gasteiger partial charge in [0.15, 0.2) is 0 Å². The maximum atomic E-state index is 12.5. The molecule has 0 aliphatic rings. The molecule has 7 heteroatoms. The second-order valence-electron chi connectivity index (χ2n) is 5.95. The summed E-state index contributed by atoms with van der Waals surface area (Å²) >= 11 is 0. The van der Waals surface area contributed by atoms with Crippen molar-refractivity contribution in [2.24, 2.45) is 0 Å². The molecule has 0 radical (unpaired) electrons. The summed E-state index contributed by atoms with van der Waals surface area (Å²) in [6.07, 6.45) is 0.730. The molecule has 3 rings (SSSR count). The molecule has 0 bridgehead atoms. The minimum Gasteiger partial charge on any atom is -0.507 e. The molecule has 0 spiro atoms. The second kappa shape index (κ2) is 7.51. The van der Waals surface area contributed by atoms with Crippen molar-refractivity contribution in [3.63, 3.8) is 0 Å². The molecule has 6 nitrogen and oxygen atoms in total. The van der Waals surface area contributed by atoms with E-state index in [1.807, 2.05) is 42.5 Å². The monoisotopic (exact) mass is 383 g/mol. The molecule has 3 aromatic rings. The Morgan fingerprint density at radius 3 is 2.15 bits per heavy atom. The molecule has 0 saturated heterocycles. The van der Waals surface area contributed by atoms with Gasteiger partial charge in [-0.1, -0.05) is 42.5 Å². The summed E-state index contributed by atoms with van der Waals surface area (Å²) < 4.78 is 27.4. The number of carbonyl (C=O) groups is 1. The van der Waals surface area contributed by atoms with E-state index < -0.39 is 27.3 Å². The van der Waals surface area contributed by atoms with E-state index in [-0.39, 0.29) is 4.90 Å². The zero-order valence-corrected chi connectivity index (χ0v) is 15.0. The molecular weight excluding hydrogens is 366 g/mol. The largest absolute Gasteiger partial charge is 0.507 e. The number of benzene rings is 3. The molecule has 0 atom stereocenters. The SMILES string of the molecule is O=C(O)c1cc(S(=O)(=O)Nc2ccc(Cc3ccccc3)cc2)ccc1O. The number of carboxylic acid groups (broad SMARTS) is 1. The highest BCUT2D eigenvalue weighted by atomic mass is 32.2. The van der Waals surface area contributed by atoms with E-state index in [9.17, 15) is 18.3 Å². The number of nitrogens with one attached hydrogen (secondary N) is 1. The topological polar surface area (TPSA) is 104 Å². The zero-order chi connectivity index (χ0) is 19.4. The van der Waals surface area contributed by atoms with Gasteiger partial charge in [0, 0.05) is 5.69 Å². The van der Waals surface area contributed by atoms with Crippen LogP contribution in [0.25, 0.3) is 0 Å². The summed E-state index contributed by atoms with van der Waals surface area (Å²) in [6, 6.07) is 19.9. The quantitative estimate of drug-likeness (QED) is 0.605. The third-order valence-electron chi connectivity index (χ3n) is 3.97. The molecule has 0 heterocycles. The molecule has 0 aromatic heterocycles. The lowest BCUT2D eigenvalue weighted by Gasteiger charge is -2.10. The molecule has 0 aliphatic carbocycles. The van der Waals surface area contributed by atoms with Gasteiger partial charge < -0.3 is 10.2 Å². The maximum Gasteiger partial charge on any atom is 0.339 e. The first kappa shape index (κ1) is 18.5. The van der Waals surface area contributed by atoms with E-state index in [0.717, 1.165) is 35.7 Å². The lowest BCUT2D eigenvalue weighted by molar-refractivity contribution is 0.0693. The summed E-state index contributed by atoms with van der Waals surface area (Å²) in [5.74, 6) is -1.90. The summed E-state index contributed by atoms with van der Waals surface area (Å²) in [7, 11) is -3.98. The predicted octanol–water partition coefficient (Wildman–Crippen LogP) is 3.48. The van der Waals surface area contributed by atoms with E-state index >= 15 is 0 Å². The Hall–Kier alpha value is -3.32. The van der Waals surface area contributed by atoms with Crippen LogP contribution >= 0.6 is 0 Å². The lowest BCUT2D eigenvalue weighted by atomic mass is 10.1. The Morgan fingerprint density at radius 2 is 1.52 bits per heavy atom. The average Bonchev–Trinajstić information content (AvgIpc) is 2.64. The molecule has 0 fully saturated rings. The third-order valence-corrected chi connectivity index (χ3v) is 5.34. The number of anilines is 1. The number of aromatic hydroxyl groups is 1. The maximum absolute atomic E-state index is 12.5. The molecular formula is C20H17NO5S. The fraction of sp³-hybridized carbons (Fsp3) is 0.0500. The van der Waals surface area contributed by atoms with Gasteiger partial charge in [-0.3, -0.25) is 4.72 Å². The molecule has 138 valence electrons. The summed E-state index contributed by atoms with van der Waals surface area (Å²) in [6.45, 7) is 0. The minimum atomic E-state index is -3.98. The fourth-order valence-corrected chi connectivity index (χ4v) is 3.67. The van der Waals surface area contributed by atoms with Gasteiger partial charge in [-0.15, -0.1) is 0 Å². The van der Waals surface area contributed by atoms with Crippen LogP contribution < -0.4 is 4.72 Å². The van der Waals surface area contributed by atoms with Crippen molar-refractivity contribution in [1.29, 1.82) is 0 Å². The van der Waals surface area contributed by atoms with E-state index in [1.165, 1.54) is 0 Å². The van der Waals surface area contributed by atoms with Crippen LogP contribution in [-0.4, -0.2) is 24.6 Å². The van der Waals surface area contributed by atoms with E-state index in [0.29, 0.717) is 5.69 Å². The van der Waals surface area contributed by atoms with E-state index in [1.54, 1.807) is 12.1 Å². The van der Waals surface area contributed by atoms with Crippen LogP contribution in [-0.2, 0) is 16.4 Å². The van der Waals surface area contributed by atoms with Crippen molar-refractivity contribution in [2.75, 3.05) is 4.72 Å². The van der Waals surface area contributed by atoms with Crippen LogP contribution in [0.2, 0.25) is 0 Å². The van der Waals surface area contributed by atoms with Gasteiger partial charge in [0.25, 0.3) is 10.0 Å². The number of hydrogen-bond donors (Lipinski definition) is 3.